The molecule has 2 aliphatic carbocycles. The minimum Gasteiger partial charge on any atom is -0.456 e. The molecule has 8 aromatic rings. The first-order chi connectivity index (χ1) is 24.3. The highest BCUT2D eigenvalue weighted by Gasteiger charge is 2.38. The number of furan rings is 1. The fourth-order valence-corrected chi connectivity index (χ4v) is 8.79. The Morgan fingerprint density at radius 2 is 0.920 bits per heavy atom. The molecule has 2 heteroatoms. The van der Waals surface area contributed by atoms with Crippen LogP contribution in [0.15, 0.2) is 156 Å². The van der Waals surface area contributed by atoms with Gasteiger partial charge in [-0.25, -0.2) is 0 Å². The number of para-hydroxylation sites is 1. The van der Waals surface area contributed by atoms with Crippen LogP contribution in [0.5, 0.6) is 0 Å². The number of nitrogens with zero attached hydrogens (tertiary/aromatic N) is 1. The molecule has 0 N–H and O–H groups in total. The van der Waals surface area contributed by atoms with E-state index in [4.69, 9.17) is 4.42 Å². The van der Waals surface area contributed by atoms with Crippen LogP contribution in [-0.2, 0) is 10.8 Å². The van der Waals surface area contributed by atoms with Crippen molar-refractivity contribution < 1.29 is 4.42 Å². The minimum absolute atomic E-state index is 0.0898. The van der Waals surface area contributed by atoms with Gasteiger partial charge in [-0.1, -0.05) is 125 Å². The van der Waals surface area contributed by atoms with Gasteiger partial charge in [0.2, 0.25) is 0 Å². The lowest BCUT2D eigenvalue weighted by molar-refractivity contribution is 0.647. The van der Waals surface area contributed by atoms with Gasteiger partial charge in [-0.3, -0.25) is 0 Å². The quantitative estimate of drug-likeness (QED) is 0.190. The lowest BCUT2D eigenvalue weighted by atomic mass is 9.82. The van der Waals surface area contributed by atoms with E-state index in [1.165, 1.54) is 66.4 Å². The number of anilines is 3. The molecule has 1 aromatic heterocycles. The highest BCUT2D eigenvalue weighted by Crippen LogP contribution is 2.54. The second-order valence-electron chi connectivity index (χ2n) is 15.0. The van der Waals surface area contributed by atoms with Crippen LogP contribution in [0.3, 0.4) is 0 Å². The second kappa shape index (κ2) is 10.3. The topological polar surface area (TPSA) is 16.4 Å². The van der Waals surface area contributed by atoms with E-state index in [0.717, 1.165) is 28.2 Å². The Hall–Kier alpha value is -5.86. The minimum atomic E-state index is -0.196. The van der Waals surface area contributed by atoms with E-state index in [1.54, 1.807) is 0 Å². The van der Waals surface area contributed by atoms with E-state index >= 15 is 0 Å². The fourth-order valence-electron chi connectivity index (χ4n) is 8.79. The van der Waals surface area contributed by atoms with Crippen LogP contribution in [0.25, 0.3) is 55.3 Å². The second-order valence-corrected chi connectivity index (χ2v) is 15.0. The molecule has 2 nitrogen and oxygen atoms in total. The Morgan fingerprint density at radius 3 is 1.66 bits per heavy atom. The fraction of sp³-hybridized carbons (Fsp3) is 0.125. The van der Waals surface area contributed by atoms with Crippen LogP contribution in [0, 0.1) is 0 Å². The molecule has 0 fully saturated rings. The molecule has 0 bridgehead atoms. The summed E-state index contributed by atoms with van der Waals surface area (Å²) in [5, 5.41) is 2.34. The van der Waals surface area contributed by atoms with Crippen LogP contribution in [0.1, 0.15) is 49.9 Å². The number of hydrogen-bond donors (Lipinski definition) is 0. The van der Waals surface area contributed by atoms with Crippen molar-refractivity contribution in [2.75, 3.05) is 4.90 Å². The molecule has 0 amide bonds. The summed E-state index contributed by atoms with van der Waals surface area (Å²) >= 11 is 0. The van der Waals surface area contributed by atoms with Crippen LogP contribution < -0.4 is 4.90 Å². The predicted molar refractivity (Wildman–Crippen MR) is 209 cm³/mol. The lowest BCUT2D eigenvalue weighted by Crippen LogP contribution is -2.18. The largest absolute Gasteiger partial charge is 0.456 e. The third-order valence-corrected chi connectivity index (χ3v) is 11.5. The Bertz CT molecular complexity index is 2640. The molecular formula is C48H37NO. The van der Waals surface area contributed by atoms with E-state index in [0.29, 0.717) is 0 Å². The molecule has 1 heterocycles. The molecule has 0 unspecified atom stereocenters. The summed E-state index contributed by atoms with van der Waals surface area (Å²) in [5.74, 6) is 0. The van der Waals surface area contributed by atoms with Crippen molar-refractivity contribution in [1.82, 2.24) is 0 Å². The molecule has 0 radical (unpaired) electrons. The predicted octanol–water partition coefficient (Wildman–Crippen LogP) is 13.3. The molecule has 0 saturated heterocycles. The van der Waals surface area contributed by atoms with E-state index in [9.17, 15) is 0 Å². The van der Waals surface area contributed by atoms with Crippen LogP contribution in [0.2, 0.25) is 0 Å². The third kappa shape index (κ3) is 4.08. The van der Waals surface area contributed by atoms with Crippen LogP contribution >= 0.6 is 0 Å². The SMILES string of the molecule is CC1(C)c2ccccc2-c2ccc(N(c3ccc(-c4ccccc4)cc3)c3ccc4c(c3)C(C)(C)c3cc5oc6ccccc6c5cc3-4)cc21. The standard InChI is InChI=1S/C48H37NO/c1-47(2)41-16-10-8-14-35(41)36-24-22-33(26-42(36)47)49(32-20-18-31(19-21-32)30-12-6-5-7-13-30)34-23-25-37-39-28-40-38-15-9-11-17-45(38)50-46(40)29-44(39)48(3,4)43(37)27-34/h5-29H,1-4H3. The summed E-state index contributed by atoms with van der Waals surface area (Å²) in [6.07, 6.45) is 0. The molecule has 7 aromatic carbocycles. The summed E-state index contributed by atoms with van der Waals surface area (Å²) in [5.41, 5.74) is 18.2. The van der Waals surface area contributed by atoms with Crippen LogP contribution in [0.4, 0.5) is 17.1 Å². The molecule has 10 rings (SSSR count). The van der Waals surface area contributed by atoms with Gasteiger partial charge in [0.25, 0.3) is 0 Å². The van der Waals surface area contributed by atoms with Crippen molar-refractivity contribution >= 4 is 39.0 Å². The zero-order valence-electron chi connectivity index (χ0n) is 28.8. The Kier molecular flexibility index (Phi) is 6.01. The summed E-state index contributed by atoms with van der Waals surface area (Å²) in [6.45, 7) is 9.41. The Labute approximate surface area is 293 Å². The van der Waals surface area contributed by atoms with Gasteiger partial charge < -0.3 is 9.32 Å². The van der Waals surface area contributed by atoms with E-state index in [-0.39, 0.29) is 10.8 Å². The van der Waals surface area contributed by atoms with Crippen molar-refractivity contribution in [1.29, 1.82) is 0 Å². The van der Waals surface area contributed by atoms with E-state index in [1.807, 2.05) is 6.07 Å². The average molecular weight is 644 g/mol. The molecule has 0 spiro atoms. The van der Waals surface area contributed by atoms with Crippen molar-refractivity contribution in [2.45, 2.75) is 38.5 Å². The van der Waals surface area contributed by atoms with E-state index in [2.05, 4.69) is 178 Å². The maximum absolute atomic E-state index is 6.36. The smallest absolute Gasteiger partial charge is 0.135 e. The number of rotatable bonds is 4. The Balaban J connectivity index is 1.14. The van der Waals surface area contributed by atoms with Crippen LogP contribution in [-0.4, -0.2) is 0 Å². The molecule has 0 aliphatic heterocycles. The van der Waals surface area contributed by atoms with Crippen molar-refractivity contribution in [2.24, 2.45) is 0 Å². The maximum atomic E-state index is 6.36. The zero-order chi connectivity index (χ0) is 33.8. The zero-order valence-corrected chi connectivity index (χ0v) is 28.8. The Morgan fingerprint density at radius 1 is 0.380 bits per heavy atom. The first-order valence-corrected chi connectivity index (χ1v) is 17.6. The maximum Gasteiger partial charge on any atom is 0.135 e. The molecule has 0 saturated carbocycles. The van der Waals surface area contributed by atoms with Gasteiger partial charge in [0, 0.05) is 38.7 Å². The van der Waals surface area contributed by atoms with Gasteiger partial charge >= 0.3 is 0 Å². The highest BCUT2D eigenvalue weighted by molar-refractivity contribution is 6.08. The lowest BCUT2D eigenvalue weighted by Gasteiger charge is -2.30. The molecular weight excluding hydrogens is 607 g/mol. The molecule has 2 aliphatic rings. The highest BCUT2D eigenvalue weighted by atomic mass is 16.3. The van der Waals surface area contributed by atoms with Gasteiger partial charge in [0.05, 0.1) is 0 Å². The summed E-state index contributed by atoms with van der Waals surface area (Å²) in [7, 11) is 0. The summed E-state index contributed by atoms with van der Waals surface area (Å²) < 4.78 is 6.36. The van der Waals surface area contributed by atoms with Crippen molar-refractivity contribution in [3.05, 3.63) is 174 Å². The van der Waals surface area contributed by atoms with Crippen molar-refractivity contribution in [3.63, 3.8) is 0 Å². The first kappa shape index (κ1) is 29.1. The monoisotopic (exact) mass is 643 g/mol. The molecule has 240 valence electrons. The van der Waals surface area contributed by atoms with Gasteiger partial charge in [-0.15, -0.1) is 0 Å². The average Bonchev–Trinajstić information content (AvgIpc) is 3.71. The normalized spacial score (nSPS) is 14.7. The molecule has 0 atom stereocenters. The van der Waals surface area contributed by atoms with Gasteiger partial charge in [0.1, 0.15) is 11.2 Å². The summed E-state index contributed by atoms with van der Waals surface area (Å²) in [4.78, 5) is 2.44. The van der Waals surface area contributed by atoms with E-state index < -0.39 is 0 Å². The third-order valence-electron chi connectivity index (χ3n) is 11.5. The number of benzene rings is 7. The van der Waals surface area contributed by atoms with Gasteiger partial charge in [-0.05, 0) is 110 Å². The molecule has 50 heavy (non-hydrogen) atoms. The van der Waals surface area contributed by atoms with Gasteiger partial charge in [0.15, 0.2) is 0 Å². The van der Waals surface area contributed by atoms with Crippen molar-refractivity contribution in [3.8, 4) is 33.4 Å². The van der Waals surface area contributed by atoms with Gasteiger partial charge in [-0.2, -0.15) is 0 Å². The number of fused-ring (bicyclic) bond motifs is 9. The summed E-state index contributed by atoms with van der Waals surface area (Å²) in [6, 6.07) is 55.6. The first-order valence-electron chi connectivity index (χ1n) is 17.6. The number of hydrogen-bond acceptors (Lipinski definition) is 2.